The van der Waals surface area contributed by atoms with Crippen molar-refractivity contribution < 1.29 is 14.6 Å². The SMILES string of the molecule is COc1cc2cc(CCC(=O)O)c(=O)[nH]c2cc1Cl. The molecule has 0 aliphatic heterocycles. The van der Waals surface area contributed by atoms with Crippen molar-refractivity contribution in [2.24, 2.45) is 0 Å². The minimum Gasteiger partial charge on any atom is -0.495 e. The van der Waals surface area contributed by atoms with Gasteiger partial charge in [-0.15, -0.1) is 0 Å². The second-order valence-electron chi connectivity index (χ2n) is 4.09. The third-order valence-corrected chi connectivity index (χ3v) is 3.10. The van der Waals surface area contributed by atoms with Crippen LogP contribution in [0.5, 0.6) is 5.75 Å². The molecule has 0 aliphatic carbocycles. The van der Waals surface area contributed by atoms with Gasteiger partial charge < -0.3 is 14.8 Å². The maximum atomic E-state index is 11.8. The van der Waals surface area contributed by atoms with Crippen LogP contribution in [-0.2, 0) is 11.2 Å². The van der Waals surface area contributed by atoms with Gasteiger partial charge in [0, 0.05) is 17.4 Å². The number of pyridine rings is 1. The van der Waals surface area contributed by atoms with E-state index in [1.807, 2.05) is 0 Å². The molecular formula is C13H12ClNO4. The van der Waals surface area contributed by atoms with E-state index >= 15 is 0 Å². The fourth-order valence-corrected chi connectivity index (χ4v) is 2.08. The van der Waals surface area contributed by atoms with Gasteiger partial charge in [-0.3, -0.25) is 9.59 Å². The third-order valence-electron chi connectivity index (χ3n) is 2.80. The number of carboxylic acids is 1. The van der Waals surface area contributed by atoms with E-state index in [-0.39, 0.29) is 18.4 Å². The molecule has 1 aromatic heterocycles. The molecule has 100 valence electrons. The number of fused-ring (bicyclic) bond motifs is 1. The van der Waals surface area contributed by atoms with Crippen molar-refractivity contribution in [2.45, 2.75) is 12.8 Å². The average Bonchev–Trinajstić information content (AvgIpc) is 2.35. The largest absolute Gasteiger partial charge is 0.495 e. The minimum atomic E-state index is -0.937. The smallest absolute Gasteiger partial charge is 0.303 e. The number of aromatic amines is 1. The predicted octanol–water partition coefficient (Wildman–Crippen LogP) is 2.21. The Morgan fingerprint density at radius 3 is 2.79 bits per heavy atom. The highest BCUT2D eigenvalue weighted by Gasteiger charge is 2.08. The number of methoxy groups -OCH3 is 1. The zero-order valence-electron chi connectivity index (χ0n) is 10.2. The molecule has 0 unspecified atom stereocenters. The van der Waals surface area contributed by atoms with Gasteiger partial charge in [-0.2, -0.15) is 0 Å². The van der Waals surface area contributed by atoms with Crippen molar-refractivity contribution in [1.82, 2.24) is 4.98 Å². The summed E-state index contributed by atoms with van der Waals surface area (Å²) in [5, 5.41) is 9.81. The van der Waals surface area contributed by atoms with Crippen LogP contribution in [0.1, 0.15) is 12.0 Å². The topological polar surface area (TPSA) is 79.4 Å². The zero-order valence-corrected chi connectivity index (χ0v) is 11.0. The Kier molecular flexibility index (Phi) is 3.76. The second kappa shape index (κ2) is 5.32. The fraction of sp³-hybridized carbons (Fsp3) is 0.231. The number of halogens is 1. The molecule has 5 nitrogen and oxygen atoms in total. The molecule has 0 aliphatic rings. The number of carbonyl (C=O) groups is 1. The van der Waals surface area contributed by atoms with Crippen molar-refractivity contribution in [2.75, 3.05) is 7.11 Å². The lowest BCUT2D eigenvalue weighted by Gasteiger charge is -2.06. The molecular weight excluding hydrogens is 270 g/mol. The summed E-state index contributed by atoms with van der Waals surface area (Å²) >= 11 is 5.97. The van der Waals surface area contributed by atoms with Crippen molar-refractivity contribution in [1.29, 1.82) is 0 Å². The van der Waals surface area contributed by atoms with Gasteiger partial charge in [0.1, 0.15) is 5.75 Å². The van der Waals surface area contributed by atoms with E-state index in [1.54, 1.807) is 18.2 Å². The first kappa shape index (κ1) is 13.4. The number of ether oxygens (including phenoxy) is 1. The van der Waals surface area contributed by atoms with Crippen LogP contribution in [0.3, 0.4) is 0 Å². The van der Waals surface area contributed by atoms with Gasteiger partial charge in [0.05, 0.1) is 17.6 Å². The maximum Gasteiger partial charge on any atom is 0.303 e. The fourth-order valence-electron chi connectivity index (χ4n) is 1.84. The molecule has 0 radical (unpaired) electrons. The van der Waals surface area contributed by atoms with E-state index < -0.39 is 5.97 Å². The molecule has 0 bridgehead atoms. The summed E-state index contributed by atoms with van der Waals surface area (Å²) in [7, 11) is 1.50. The van der Waals surface area contributed by atoms with Crippen LogP contribution in [0.4, 0.5) is 0 Å². The van der Waals surface area contributed by atoms with Crippen molar-refractivity contribution in [3.63, 3.8) is 0 Å². The van der Waals surface area contributed by atoms with Gasteiger partial charge in [0.15, 0.2) is 0 Å². The number of hydrogen-bond acceptors (Lipinski definition) is 3. The predicted molar refractivity (Wildman–Crippen MR) is 72.1 cm³/mol. The molecule has 2 aromatic rings. The molecule has 6 heteroatoms. The first-order valence-electron chi connectivity index (χ1n) is 5.62. The number of nitrogens with one attached hydrogen (secondary N) is 1. The van der Waals surface area contributed by atoms with Crippen LogP contribution < -0.4 is 10.3 Å². The lowest BCUT2D eigenvalue weighted by atomic mass is 10.1. The summed E-state index contributed by atoms with van der Waals surface area (Å²) < 4.78 is 5.10. The van der Waals surface area contributed by atoms with Crippen molar-refractivity contribution >= 4 is 28.5 Å². The Labute approximate surface area is 113 Å². The summed E-state index contributed by atoms with van der Waals surface area (Å²) in [4.78, 5) is 25.0. The van der Waals surface area contributed by atoms with Gasteiger partial charge in [0.2, 0.25) is 0 Å². The molecule has 0 amide bonds. The standard InChI is InChI=1S/C13H12ClNO4/c1-19-11-5-8-4-7(2-3-12(16)17)13(18)15-10(8)6-9(11)14/h4-6H,2-3H2,1H3,(H,15,18)(H,16,17). The van der Waals surface area contributed by atoms with Crippen LogP contribution in [-0.4, -0.2) is 23.2 Å². The number of carboxylic acid groups (broad SMARTS) is 1. The maximum absolute atomic E-state index is 11.8. The van der Waals surface area contributed by atoms with Gasteiger partial charge >= 0.3 is 5.97 Å². The lowest BCUT2D eigenvalue weighted by molar-refractivity contribution is -0.136. The Bertz CT molecular complexity index is 693. The number of aryl methyl sites for hydroxylation is 1. The van der Waals surface area contributed by atoms with E-state index in [0.717, 1.165) is 5.39 Å². The molecule has 1 aromatic carbocycles. The van der Waals surface area contributed by atoms with E-state index in [9.17, 15) is 9.59 Å². The molecule has 2 N–H and O–H groups in total. The molecule has 1 heterocycles. The van der Waals surface area contributed by atoms with E-state index in [1.165, 1.54) is 7.11 Å². The van der Waals surface area contributed by atoms with Crippen LogP contribution in [0.25, 0.3) is 10.9 Å². The zero-order chi connectivity index (χ0) is 14.0. The van der Waals surface area contributed by atoms with Gasteiger partial charge in [-0.05, 0) is 24.6 Å². The Balaban J connectivity index is 2.51. The van der Waals surface area contributed by atoms with Crippen LogP contribution in [0.2, 0.25) is 5.02 Å². The Morgan fingerprint density at radius 2 is 2.16 bits per heavy atom. The van der Waals surface area contributed by atoms with Gasteiger partial charge in [-0.1, -0.05) is 11.6 Å². The molecule has 0 fully saturated rings. The molecule has 19 heavy (non-hydrogen) atoms. The summed E-state index contributed by atoms with van der Waals surface area (Å²) in [5.41, 5.74) is 0.726. The Morgan fingerprint density at radius 1 is 1.42 bits per heavy atom. The minimum absolute atomic E-state index is 0.0840. The monoisotopic (exact) mass is 281 g/mol. The number of rotatable bonds is 4. The number of hydrogen-bond donors (Lipinski definition) is 2. The van der Waals surface area contributed by atoms with E-state index in [2.05, 4.69) is 4.98 Å². The summed E-state index contributed by atoms with van der Waals surface area (Å²) in [6.45, 7) is 0. The normalized spacial score (nSPS) is 10.6. The molecule has 0 saturated carbocycles. The first-order valence-corrected chi connectivity index (χ1v) is 6.00. The highest BCUT2D eigenvalue weighted by molar-refractivity contribution is 6.32. The number of aliphatic carboxylic acids is 1. The molecule has 0 spiro atoms. The number of H-pyrrole nitrogens is 1. The van der Waals surface area contributed by atoms with Crippen LogP contribution >= 0.6 is 11.6 Å². The van der Waals surface area contributed by atoms with Crippen molar-refractivity contribution in [3.05, 3.63) is 39.1 Å². The molecule has 0 atom stereocenters. The van der Waals surface area contributed by atoms with Gasteiger partial charge in [-0.25, -0.2) is 0 Å². The molecule has 0 saturated heterocycles. The van der Waals surface area contributed by atoms with Crippen LogP contribution in [0, 0.1) is 0 Å². The quantitative estimate of drug-likeness (QED) is 0.900. The van der Waals surface area contributed by atoms with E-state index in [0.29, 0.717) is 21.9 Å². The van der Waals surface area contributed by atoms with Crippen LogP contribution in [0.15, 0.2) is 23.0 Å². The van der Waals surface area contributed by atoms with E-state index in [4.69, 9.17) is 21.4 Å². The Hall–Kier alpha value is -2.01. The van der Waals surface area contributed by atoms with Crippen molar-refractivity contribution in [3.8, 4) is 5.75 Å². The number of aromatic nitrogens is 1. The van der Waals surface area contributed by atoms with Gasteiger partial charge in [0.25, 0.3) is 5.56 Å². The third kappa shape index (κ3) is 2.88. The highest BCUT2D eigenvalue weighted by atomic mass is 35.5. The number of benzene rings is 1. The summed E-state index contributed by atoms with van der Waals surface area (Å²) in [5.74, 6) is -0.432. The summed E-state index contributed by atoms with van der Waals surface area (Å²) in [6, 6.07) is 4.98. The lowest BCUT2D eigenvalue weighted by Crippen LogP contribution is -2.13. The molecule has 2 rings (SSSR count). The summed E-state index contributed by atoms with van der Waals surface area (Å²) in [6.07, 6.45) is 0.102. The average molecular weight is 282 g/mol. The first-order chi connectivity index (χ1) is 9.01. The second-order valence-corrected chi connectivity index (χ2v) is 4.50. The highest BCUT2D eigenvalue weighted by Crippen LogP contribution is 2.28.